The molecule has 1 fully saturated rings. The van der Waals surface area contributed by atoms with E-state index >= 15 is 0 Å². The summed E-state index contributed by atoms with van der Waals surface area (Å²) in [6.45, 7) is 15.5. The first-order chi connectivity index (χ1) is 6.84. The van der Waals surface area contributed by atoms with Crippen molar-refractivity contribution in [1.29, 1.82) is 0 Å². The van der Waals surface area contributed by atoms with Crippen LogP contribution in [0.5, 0.6) is 0 Å². The fraction of sp³-hybridized carbons (Fsp3) is 1.00. The molecule has 1 aliphatic heterocycles. The molecule has 1 N–H and O–H groups in total. The van der Waals surface area contributed by atoms with Crippen LogP contribution in [0.3, 0.4) is 0 Å². The minimum atomic E-state index is 0.247. The molecule has 0 aromatic carbocycles. The fourth-order valence-corrected chi connectivity index (χ4v) is 3.04. The van der Waals surface area contributed by atoms with Crippen molar-refractivity contribution >= 4 is 0 Å². The molecule has 90 valence electrons. The highest BCUT2D eigenvalue weighted by Crippen LogP contribution is 2.42. The van der Waals surface area contributed by atoms with E-state index in [4.69, 9.17) is 4.74 Å². The van der Waals surface area contributed by atoms with Crippen molar-refractivity contribution in [2.24, 2.45) is 17.3 Å². The second kappa shape index (κ2) is 4.42. The first-order valence-electron chi connectivity index (χ1n) is 6.17. The molecule has 2 nitrogen and oxygen atoms in total. The molecule has 2 heteroatoms. The predicted octanol–water partition coefficient (Wildman–Crippen LogP) is 3.03. The molecule has 0 aromatic rings. The van der Waals surface area contributed by atoms with E-state index in [-0.39, 0.29) is 5.54 Å². The number of rotatable bonds is 2. The predicted molar refractivity (Wildman–Crippen MR) is 64.8 cm³/mol. The van der Waals surface area contributed by atoms with Crippen LogP contribution in [-0.4, -0.2) is 18.9 Å². The third kappa shape index (κ3) is 2.36. The van der Waals surface area contributed by atoms with Gasteiger partial charge in [0.1, 0.15) is 0 Å². The number of hydrogen-bond acceptors (Lipinski definition) is 2. The lowest BCUT2D eigenvalue weighted by molar-refractivity contribution is -0.0876. The number of hydrogen-bond donors (Lipinski definition) is 1. The maximum Gasteiger partial charge on any atom is 0.0969 e. The highest BCUT2D eigenvalue weighted by molar-refractivity contribution is 5.01. The molecule has 0 bridgehead atoms. The third-order valence-corrected chi connectivity index (χ3v) is 4.07. The lowest BCUT2D eigenvalue weighted by Crippen LogP contribution is -2.63. The summed E-state index contributed by atoms with van der Waals surface area (Å²) in [5, 5.41) is 3.62. The van der Waals surface area contributed by atoms with Gasteiger partial charge in [-0.15, -0.1) is 0 Å². The molecule has 0 spiro atoms. The summed E-state index contributed by atoms with van der Waals surface area (Å²) in [4.78, 5) is 0. The molecule has 1 rings (SSSR count). The summed E-state index contributed by atoms with van der Waals surface area (Å²) >= 11 is 0. The van der Waals surface area contributed by atoms with Gasteiger partial charge in [-0.3, -0.25) is 5.32 Å². The second-order valence-corrected chi connectivity index (χ2v) is 6.16. The van der Waals surface area contributed by atoms with E-state index in [1.807, 2.05) is 0 Å². The molecule has 1 aliphatic rings. The maximum atomic E-state index is 5.60. The van der Waals surface area contributed by atoms with E-state index in [9.17, 15) is 0 Å². The highest BCUT2D eigenvalue weighted by atomic mass is 16.5. The second-order valence-electron chi connectivity index (χ2n) is 6.16. The average molecular weight is 213 g/mol. The van der Waals surface area contributed by atoms with Crippen LogP contribution in [-0.2, 0) is 4.74 Å². The smallest absolute Gasteiger partial charge is 0.0969 e. The van der Waals surface area contributed by atoms with E-state index in [1.165, 1.54) is 6.42 Å². The van der Waals surface area contributed by atoms with Gasteiger partial charge in [-0.05, 0) is 17.8 Å². The molecule has 0 saturated carbocycles. The Morgan fingerprint density at radius 2 is 2.00 bits per heavy atom. The van der Waals surface area contributed by atoms with Crippen LogP contribution in [0.1, 0.15) is 48.0 Å². The van der Waals surface area contributed by atoms with E-state index in [1.54, 1.807) is 0 Å². The highest BCUT2D eigenvalue weighted by Gasteiger charge is 2.47. The van der Waals surface area contributed by atoms with Crippen molar-refractivity contribution in [2.75, 3.05) is 13.3 Å². The number of nitrogens with one attached hydrogen (secondary N) is 1. The van der Waals surface area contributed by atoms with Crippen molar-refractivity contribution in [1.82, 2.24) is 5.32 Å². The molecular formula is C13H27NO. The van der Waals surface area contributed by atoms with E-state index < -0.39 is 0 Å². The summed E-state index contributed by atoms with van der Waals surface area (Å²) in [5.41, 5.74) is 0.546. The van der Waals surface area contributed by atoms with Crippen molar-refractivity contribution in [3.63, 3.8) is 0 Å². The molecule has 1 heterocycles. The monoisotopic (exact) mass is 213 g/mol. The average Bonchev–Trinajstić information content (AvgIpc) is 2.16. The van der Waals surface area contributed by atoms with Gasteiger partial charge in [0.2, 0.25) is 0 Å². The molecular weight excluding hydrogens is 186 g/mol. The lowest BCUT2D eigenvalue weighted by atomic mass is 9.63. The maximum absolute atomic E-state index is 5.60. The largest absolute Gasteiger partial charge is 0.366 e. The molecule has 0 radical (unpaired) electrons. The summed E-state index contributed by atoms with van der Waals surface area (Å²) in [6.07, 6.45) is 1.18. The van der Waals surface area contributed by atoms with Gasteiger partial charge >= 0.3 is 0 Å². The Balaban J connectivity index is 2.99. The first kappa shape index (κ1) is 13.0. The zero-order chi connectivity index (χ0) is 11.7. The minimum absolute atomic E-state index is 0.247. The first-order valence-corrected chi connectivity index (χ1v) is 6.17. The Morgan fingerprint density at radius 1 is 1.40 bits per heavy atom. The van der Waals surface area contributed by atoms with Gasteiger partial charge in [-0.2, -0.15) is 0 Å². The Kier molecular flexibility index (Phi) is 3.83. The van der Waals surface area contributed by atoms with Gasteiger partial charge < -0.3 is 4.74 Å². The van der Waals surface area contributed by atoms with Crippen LogP contribution < -0.4 is 5.32 Å². The molecule has 2 unspecified atom stereocenters. The Labute approximate surface area is 94.8 Å². The van der Waals surface area contributed by atoms with Crippen LogP contribution >= 0.6 is 0 Å². The van der Waals surface area contributed by atoms with Crippen LogP contribution in [0.25, 0.3) is 0 Å². The molecule has 1 saturated heterocycles. The van der Waals surface area contributed by atoms with Gasteiger partial charge in [0.05, 0.1) is 13.3 Å². The van der Waals surface area contributed by atoms with Crippen molar-refractivity contribution < 1.29 is 4.74 Å². The summed E-state index contributed by atoms with van der Waals surface area (Å²) in [5.74, 6) is 1.24. The topological polar surface area (TPSA) is 21.3 Å². The van der Waals surface area contributed by atoms with E-state index in [2.05, 4.69) is 46.9 Å². The van der Waals surface area contributed by atoms with Crippen LogP contribution in [0.2, 0.25) is 0 Å². The van der Waals surface area contributed by atoms with Gasteiger partial charge in [-0.25, -0.2) is 0 Å². The zero-order valence-corrected chi connectivity index (χ0v) is 11.2. The van der Waals surface area contributed by atoms with E-state index in [0.717, 1.165) is 6.61 Å². The van der Waals surface area contributed by atoms with Gasteiger partial charge in [0.15, 0.2) is 0 Å². The zero-order valence-electron chi connectivity index (χ0n) is 11.2. The Morgan fingerprint density at radius 3 is 2.33 bits per heavy atom. The van der Waals surface area contributed by atoms with Crippen LogP contribution in [0, 0.1) is 17.3 Å². The standard InChI is InChI=1S/C13H27NO/c1-7-13(10(2)3)11(12(4,5)6)8-15-9-14-13/h10-11,14H,7-9H2,1-6H3. The normalized spacial score (nSPS) is 33.4. The van der Waals surface area contributed by atoms with Crippen molar-refractivity contribution in [2.45, 2.75) is 53.5 Å². The molecule has 0 aromatic heterocycles. The molecule has 0 aliphatic carbocycles. The quantitative estimate of drug-likeness (QED) is 0.761. The molecule has 15 heavy (non-hydrogen) atoms. The van der Waals surface area contributed by atoms with Crippen molar-refractivity contribution in [3.8, 4) is 0 Å². The number of ether oxygens (including phenoxy) is 1. The summed E-state index contributed by atoms with van der Waals surface area (Å²) < 4.78 is 5.60. The summed E-state index contributed by atoms with van der Waals surface area (Å²) in [6, 6.07) is 0. The molecule has 0 amide bonds. The fourth-order valence-electron chi connectivity index (χ4n) is 3.04. The van der Waals surface area contributed by atoms with Crippen LogP contribution in [0.4, 0.5) is 0 Å². The van der Waals surface area contributed by atoms with Crippen molar-refractivity contribution in [3.05, 3.63) is 0 Å². The van der Waals surface area contributed by atoms with Crippen LogP contribution in [0.15, 0.2) is 0 Å². The lowest BCUT2D eigenvalue weighted by Gasteiger charge is -2.52. The Hall–Kier alpha value is -0.0800. The molecule has 2 atom stereocenters. The Bertz CT molecular complexity index is 207. The van der Waals surface area contributed by atoms with E-state index in [0.29, 0.717) is 24.0 Å². The third-order valence-electron chi connectivity index (χ3n) is 4.07. The minimum Gasteiger partial charge on any atom is -0.366 e. The SMILES string of the molecule is CCC1(C(C)C)NCOCC1C(C)(C)C. The van der Waals surface area contributed by atoms with Gasteiger partial charge in [0.25, 0.3) is 0 Å². The van der Waals surface area contributed by atoms with Gasteiger partial charge in [-0.1, -0.05) is 41.5 Å². The summed E-state index contributed by atoms with van der Waals surface area (Å²) in [7, 11) is 0. The van der Waals surface area contributed by atoms with Gasteiger partial charge in [0, 0.05) is 11.5 Å².